The SMILES string of the molecule is Cc1ccoc1C1C(N)CCCC(=O)N1CC(C)C. The summed E-state index contributed by atoms with van der Waals surface area (Å²) >= 11 is 0. The van der Waals surface area contributed by atoms with Crippen LogP contribution in [0.1, 0.15) is 50.5 Å². The van der Waals surface area contributed by atoms with Gasteiger partial charge in [-0.2, -0.15) is 0 Å². The van der Waals surface area contributed by atoms with E-state index in [-0.39, 0.29) is 18.0 Å². The lowest BCUT2D eigenvalue weighted by Gasteiger charge is -2.33. The van der Waals surface area contributed by atoms with E-state index in [1.807, 2.05) is 17.9 Å². The molecule has 0 radical (unpaired) electrons. The van der Waals surface area contributed by atoms with Crippen LogP contribution in [0.2, 0.25) is 0 Å². The van der Waals surface area contributed by atoms with E-state index < -0.39 is 0 Å². The maximum Gasteiger partial charge on any atom is 0.223 e. The summed E-state index contributed by atoms with van der Waals surface area (Å²) in [4.78, 5) is 14.3. The molecule has 4 heteroatoms. The van der Waals surface area contributed by atoms with Crippen molar-refractivity contribution >= 4 is 5.91 Å². The zero-order valence-corrected chi connectivity index (χ0v) is 12.1. The van der Waals surface area contributed by atoms with Crippen LogP contribution in [0.25, 0.3) is 0 Å². The number of aryl methyl sites for hydroxylation is 1. The van der Waals surface area contributed by atoms with Gasteiger partial charge in [-0.25, -0.2) is 0 Å². The van der Waals surface area contributed by atoms with Crippen molar-refractivity contribution in [1.82, 2.24) is 4.90 Å². The molecule has 1 amide bonds. The standard InChI is InChI=1S/C15H24N2O2/c1-10(2)9-17-13(18)6-4-5-12(16)14(17)15-11(3)7-8-19-15/h7-8,10,12,14H,4-6,9,16H2,1-3H3. The fourth-order valence-electron chi connectivity index (χ4n) is 2.81. The number of amides is 1. The molecule has 1 saturated heterocycles. The smallest absolute Gasteiger partial charge is 0.223 e. The molecule has 0 saturated carbocycles. The first-order chi connectivity index (χ1) is 9.00. The van der Waals surface area contributed by atoms with Gasteiger partial charge in [-0.15, -0.1) is 0 Å². The zero-order valence-electron chi connectivity index (χ0n) is 12.1. The summed E-state index contributed by atoms with van der Waals surface area (Å²) in [7, 11) is 0. The number of rotatable bonds is 3. The molecule has 4 nitrogen and oxygen atoms in total. The zero-order chi connectivity index (χ0) is 14.0. The second kappa shape index (κ2) is 5.78. The Morgan fingerprint density at radius 3 is 2.84 bits per heavy atom. The van der Waals surface area contributed by atoms with Gasteiger partial charge in [0.15, 0.2) is 0 Å². The lowest BCUT2D eigenvalue weighted by atomic mass is 9.99. The summed E-state index contributed by atoms with van der Waals surface area (Å²) in [5, 5.41) is 0. The molecule has 2 atom stereocenters. The van der Waals surface area contributed by atoms with Gasteiger partial charge in [-0.05, 0) is 37.3 Å². The van der Waals surface area contributed by atoms with Crippen LogP contribution in [0.15, 0.2) is 16.7 Å². The van der Waals surface area contributed by atoms with Gasteiger partial charge < -0.3 is 15.1 Å². The van der Waals surface area contributed by atoms with E-state index in [1.54, 1.807) is 6.26 Å². The highest BCUT2D eigenvalue weighted by Gasteiger charge is 2.35. The van der Waals surface area contributed by atoms with E-state index in [0.29, 0.717) is 12.3 Å². The third-order valence-electron chi connectivity index (χ3n) is 3.72. The Morgan fingerprint density at radius 1 is 1.53 bits per heavy atom. The average molecular weight is 264 g/mol. The largest absolute Gasteiger partial charge is 0.467 e. The summed E-state index contributed by atoms with van der Waals surface area (Å²) in [5.74, 6) is 1.47. The molecule has 1 aromatic heterocycles. The van der Waals surface area contributed by atoms with E-state index in [9.17, 15) is 4.79 Å². The lowest BCUT2D eigenvalue weighted by molar-refractivity contribution is -0.134. The summed E-state index contributed by atoms with van der Waals surface area (Å²) in [6.45, 7) is 6.98. The predicted octanol–water partition coefficient (Wildman–Crippen LogP) is 2.62. The Balaban J connectivity index is 2.36. The van der Waals surface area contributed by atoms with Gasteiger partial charge >= 0.3 is 0 Å². The third-order valence-corrected chi connectivity index (χ3v) is 3.72. The number of furan rings is 1. The molecule has 0 bridgehead atoms. The first-order valence-corrected chi connectivity index (χ1v) is 7.09. The number of likely N-dealkylation sites (tertiary alicyclic amines) is 1. The minimum absolute atomic E-state index is 0.0463. The highest BCUT2D eigenvalue weighted by Crippen LogP contribution is 2.32. The molecule has 19 heavy (non-hydrogen) atoms. The van der Waals surface area contributed by atoms with Crippen LogP contribution >= 0.6 is 0 Å². The molecule has 1 aromatic rings. The molecule has 0 spiro atoms. The van der Waals surface area contributed by atoms with Gasteiger partial charge in [-0.1, -0.05) is 13.8 Å². The molecule has 1 aliphatic rings. The van der Waals surface area contributed by atoms with Gasteiger partial charge in [-0.3, -0.25) is 4.79 Å². The molecule has 1 aliphatic heterocycles. The van der Waals surface area contributed by atoms with Crippen molar-refractivity contribution in [2.45, 2.75) is 52.1 Å². The highest BCUT2D eigenvalue weighted by atomic mass is 16.3. The van der Waals surface area contributed by atoms with Crippen molar-refractivity contribution in [1.29, 1.82) is 0 Å². The van der Waals surface area contributed by atoms with Gasteiger partial charge in [0.2, 0.25) is 5.91 Å². The van der Waals surface area contributed by atoms with E-state index in [4.69, 9.17) is 10.2 Å². The van der Waals surface area contributed by atoms with Crippen LogP contribution in [0, 0.1) is 12.8 Å². The van der Waals surface area contributed by atoms with Crippen LogP contribution in [0.4, 0.5) is 0 Å². The van der Waals surface area contributed by atoms with Crippen LogP contribution in [-0.2, 0) is 4.79 Å². The predicted molar refractivity (Wildman–Crippen MR) is 74.6 cm³/mol. The minimum atomic E-state index is -0.118. The number of nitrogens with two attached hydrogens (primary N) is 1. The summed E-state index contributed by atoms with van der Waals surface area (Å²) in [5.41, 5.74) is 7.39. The number of hydrogen-bond donors (Lipinski definition) is 1. The highest BCUT2D eigenvalue weighted by molar-refractivity contribution is 5.77. The first-order valence-electron chi connectivity index (χ1n) is 7.09. The van der Waals surface area contributed by atoms with E-state index in [2.05, 4.69) is 13.8 Å². The third kappa shape index (κ3) is 3.00. The molecule has 2 rings (SSSR count). The van der Waals surface area contributed by atoms with Crippen LogP contribution < -0.4 is 5.73 Å². The van der Waals surface area contributed by atoms with Gasteiger partial charge in [0.1, 0.15) is 11.8 Å². The first kappa shape index (κ1) is 14.1. The fourth-order valence-corrected chi connectivity index (χ4v) is 2.81. The van der Waals surface area contributed by atoms with Gasteiger partial charge in [0.05, 0.1) is 6.26 Å². The van der Waals surface area contributed by atoms with E-state index in [1.165, 1.54) is 0 Å². The normalized spacial score (nSPS) is 24.9. The topological polar surface area (TPSA) is 59.5 Å². The molecule has 2 heterocycles. The second-order valence-electron chi connectivity index (χ2n) is 5.91. The van der Waals surface area contributed by atoms with Crippen molar-refractivity contribution in [3.05, 3.63) is 23.7 Å². The van der Waals surface area contributed by atoms with E-state index in [0.717, 1.165) is 30.7 Å². The summed E-state index contributed by atoms with van der Waals surface area (Å²) < 4.78 is 5.62. The molecule has 0 aromatic carbocycles. The molecular formula is C15H24N2O2. The van der Waals surface area contributed by atoms with Crippen LogP contribution in [-0.4, -0.2) is 23.4 Å². The summed E-state index contributed by atoms with van der Waals surface area (Å²) in [6.07, 6.45) is 4.01. The maximum atomic E-state index is 12.3. The quantitative estimate of drug-likeness (QED) is 0.913. The Hall–Kier alpha value is -1.29. The van der Waals surface area contributed by atoms with Gasteiger partial charge in [0, 0.05) is 19.0 Å². The minimum Gasteiger partial charge on any atom is -0.467 e. The Labute approximate surface area is 114 Å². The molecule has 2 N–H and O–H groups in total. The number of hydrogen-bond acceptors (Lipinski definition) is 3. The maximum absolute atomic E-state index is 12.3. The molecular weight excluding hydrogens is 240 g/mol. The van der Waals surface area contributed by atoms with Crippen LogP contribution in [0.5, 0.6) is 0 Å². The summed E-state index contributed by atoms with van der Waals surface area (Å²) in [6, 6.07) is 1.77. The Kier molecular flexibility index (Phi) is 4.30. The number of nitrogens with zero attached hydrogens (tertiary/aromatic N) is 1. The molecule has 106 valence electrons. The number of carbonyl (C=O) groups excluding carboxylic acids is 1. The fraction of sp³-hybridized carbons (Fsp3) is 0.667. The van der Waals surface area contributed by atoms with Crippen molar-refractivity contribution in [3.63, 3.8) is 0 Å². The number of carbonyl (C=O) groups is 1. The van der Waals surface area contributed by atoms with Crippen molar-refractivity contribution in [3.8, 4) is 0 Å². The van der Waals surface area contributed by atoms with Crippen molar-refractivity contribution in [2.75, 3.05) is 6.54 Å². The Bertz CT molecular complexity index is 439. The lowest BCUT2D eigenvalue weighted by Crippen LogP contribution is -2.43. The van der Waals surface area contributed by atoms with E-state index >= 15 is 0 Å². The molecule has 2 unspecified atom stereocenters. The molecule has 0 aliphatic carbocycles. The Morgan fingerprint density at radius 2 is 2.26 bits per heavy atom. The van der Waals surface area contributed by atoms with Crippen LogP contribution in [0.3, 0.4) is 0 Å². The monoisotopic (exact) mass is 264 g/mol. The second-order valence-corrected chi connectivity index (χ2v) is 5.91. The van der Waals surface area contributed by atoms with Crippen molar-refractivity contribution in [2.24, 2.45) is 11.7 Å². The molecule has 1 fully saturated rings. The van der Waals surface area contributed by atoms with Crippen molar-refractivity contribution < 1.29 is 9.21 Å². The average Bonchev–Trinajstić information content (AvgIpc) is 2.68. The van der Waals surface area contributed by atoms with Gasteiger partial charge in [0.25, 0.3) is 0 Å².